The summed E-state index contributed by atoms with van der Waals surface area (Å²) >= 11 is 0. The average molecular weight is 509 g/mol. The van der Waals surface area contributed by atoms with Crippen LogP contribution in [0.2, 0.25) is 0 Å². The Balaban J connectivity index is 1.53. The summed E-state index contributed by atoms with van der Waals surface area (Å²) < 4.78 is 31.8. The van der Waals surface area contributed by atoms with Crippen LogP contribution >= 0.6 is 0 Å². The predicted molar refractivity (Wildman–Crippen MR) is 138 cm³/mol. The van der Waals surface area contributed by atoms with Gasteiger partial charge in [-0.15, -0.1) is 0 Å². The largest absolute Gasteiger partial charge is 0.332 e. The van der Waals surface area contributed by atoms with Crippen molar-refractivity contribution >= 4 is 11.2 Å². The van der Waals surface area contributed by atoms with Crippen LogP contribution in [0.3, 0.4) is 0 Å². The highest BCUT2D eigenvalue weighted by Crippen LogP contribution is 2.32. The van der Waals surface area contributed by atoms with Crippen LogP contribution in [0.25, 0.3) is 11.2 Å². The van der Waals surface area contributed by atoms with Gasteiger partial charge in [0.15, 0.2) is 11.2 Å². The van der Waals surface area contributed by atoms with E-state index in [0.717, 1.165) is 22.2 Å². The maximum Gasteiger partial charge on any atom is 0.332 e. The summed E-state index contributed by atoms with van der Waals surface area (Å²) in [5, 5.41) is 3.61. The van der Waals surface area contributed by atoms with Gasteiger partial charge in [-0.25, -0.2) is 18.6 Å². The Labute approximate surface area is 212 Å². The lowest BCUT2D eigenvalue weighted by molar-refractivity contribution is 0.0935. The van der Waals surface area contributed by atoms with Gasteiger partial charge in [-0.05, 0) is 41.8 Å². The summed E-state index contributed by atoms with van der Waals surface area (Å²) in [5.74, 6) is -0.766. The Bertz CT molecular complexity index is 1480. The Kier molecular flexibility index (Phi) is 6.78. The fourth-order valence-electron chi connectivity index (χ4n) is 5.51. The lowest BCUT2D eigenvalue weighted by Crippen LogP contribution is -2.55. The molecule has 2 atom stereocenters. The van der Waals surface area contributed by atoms with Gasteiger partial charge in [-0.3, -0.25) is 18.8 Å². The van der Waals surface area contributed by atoms with Crippen LogP contribution in [-0.4, -0.2) is 49.3 Å². The predicted octanol–water partition coefficient (Wildman–Crippen LogP) is 2.73. The van der Waals surface area contributed by atoms with E-state index in [-0.39, 0.29) is 35.3 Å². The fourth-order valence-corrected chi connectivity index (χ4v) is 5.51. The van der Waals surface area contributed by atoms with Crippen molar-refractivity contribution in [3.63, 3.8) is 0 Å². The molecule has 5 rings (SSSR count). The minimum Gasteiger partial charge on any atom is -0.310 e. The SMILES string of the molecule is CCC(N1CCNC(C(c2ccc(F)cc2)c2ccc(F)cc2)C1)n1cnc2c1c(=O)n(C)c(=O)n2C. The zero-order valence-electron chi connectivity index (χ0n) is 21.1. The van der Waals surface area contributed by atoms with Crippen molar-refractivity contribution in [2.45, 2.75) is 31.5 Å². The van der Waals surface area contributed by atoms with Gasteiger partial charge in [-0.1, -0.05) is 31.2 Å². The Hall–Kier alpha value is -3.63. The molecule has 0 bridgehead atoms. The highest BCUT2D eigenvalue weighted by molar-refractivity contribution is 5.70. The van der Waals surface area contributed by atoms with E-state index in [1.807, 2.05) is 4.57 Å². The van der Waals surface area contributed by atoms with E-state index in [1.54, 1.807) is 37.6 Å². The van der Waals surface area contributed by atoms with Crippen molar-refractivity contribution in [2.75, 3.05) is 19.6 Å². The molecular weight excluding hydrogens is 478 g/mol. The number of halogens is 2. The number of nitrogens with one attached hydrogen (secondary N) is 1. The van der Waals surface area contributed by atoms with Gasteiger partial charge in [0.2, 0.25) is 0 Å². The second-order valence-electron chi connectivity index (χ2n) is 9.56. The standard InChI is InChI=1S/C27H30F2N6O2/c1-4-22(35-16-31-25-24(35)26(36)33(3)27(37)32(25)2)34-14-13-30-21(15-34)23(17-5-9-19(28)10-6-17)18-7-11-20(29)12-8-18/h5-12,16,21-23,30H,4,13-15H2,1-3H3. The number of benzene rings is 2. The fraction of sp³-hybridized carbons (Fsp3) is 0.370. The third-order valence-corrected chi connectivity index (χ3v) is 7.38. The van der Waals surface area contributed by atoms with Crippen molar-refractivity contribution < 1.29 is 8.78 Å². The van der Waals surface area contributed by atoms with E-state index in [4.69, 9.17) is 0 Å². The van der Waals surface area contributed by atoms with Crippen molar-refractivity contribution in [1.82, 2.24) is 28.9 Å². The van der Waals surface area contributed by atoms with E-state index < -0.39 is 5.69 Å². The zero-order valence-corrected chi connectivity index (χ0v) is 21.1. The van der Waals surface area contributed by atoms with E-state index in [0.29, 0.717) is 30.7 Å². The minimum absolute atomic E-state index is 0.0549. The van der Waals surface area contributed by atoms with Gasteiger partial charge < -0.3 is 9.88 Å². The molecule has 0 amide bonds. The molecule has 1 N–H and O–H groups in total. The van der Waals surface area contributed by atoms with Crippen molar-refractivity contribution in [2.24, 2.45) is 14.1 Å². The third-order valence-electron chi connectivity index (χ3n) is 7.38. The first-order valence-corrected chi connectivity index (χ1v) is 12.4. The smallest absolute Gasteiger partial charge is 0.310 e. The molecule has 1 saturated heterocycles. The number of imidazole rings is 1. The molecule has 37 heavy (non-hydrogen) atoms. The quantitative estimate of drug-likeness (QED) is 0.434. The molecule has 194 valence electrons. The first-order valence-electron chi connectivity index (χ1n) is 12.4. The highest BCUT2D eigenvalue weighted by Gasteiger charge is 2.33. The topological polar surface area (TPSA) is 77.1 Å². The van der Waals surface area contributed by atoms with Gasteiger partial charge in [0.05, 0.1) is 12.5 Å². The van der Waals surface area contributed by atoms with Crippen LogP contribution in [0.4, 0.5) is 8.78 Å². The molecule has 2 aromatic heterocycles. The lowest BCUT2D eigenvalue weighted by atomic mass is 9.84. The average Bonchev–Trinajstić information content (AvgIpc) is 3.34. The van der Waals surface area contributed by atoms with Gasteiger partial charge >= 0.3 is 5.69 Å². The van der Waals surface area contributed by atoms with Crippen LogP contribution in [0.1, 0.15) is 36.6 Å². The molecule has 1 aliphatic rings. The minimum atomic E-state index is -0.417. The summed E-state index contributed by atoms with van der Waals surface area (Å²) in [6, 6.07) is 12.8. The van der Waals surface area contributed by atoms with Crippen LogP contribution in [-0.2, 0) is 14.1 Å². The summed E-state index contributed by atoms with van der Waals surface area (Å²) in [6.45, 7) is 4.12. The zero-order chi connectivity index (χ0) is 26.3. The molecule has 0 spiro atoms. The summed E-state index contributed by atoms with van der Waals surface area (Å²) in [6.07, 6.45) is 2.18. The molecule has 8 nitrogen and oxygen atoms in total. The van der Waals surface area contributed by atoms with Crippen LogP contribution in [0.15, 0.2) is 64.4 Å². The van der Waals surface area contributed by atoms with E-state index in [9.17, 15) is 18.4 Å². The number of nitrogens with zero attached hydrogens (tertiary/aromatic N) is 5. The summed E-state index contributed by atoms with van der Waals surface area (Å²) in [7, 11) is 3.08. The highest BCUT2D eigenvalue weighted by atomic mass is 19.1. The second kappa shape index (κ2) is 10.0. The Morgan fingerprint density at radius 1 is 0.973 bits per heavy atom. The van der Waals surface area contributed by atoms with Gasteiger partial charge in [-0.2, -0.15) is 0 Å². The molecular formula is C27H30F2N6O2. The molecule has 2 aromatic carbocycles. The van der Waals surface area contributed by atoms with Crippen molar-refractivity contribution in [3.8, 4) is 0 Å². The van der Waals surface area contributed by atoms with Crippen LogP contribution in [0, 0.1) is 11.6 Å². The maximum atomic E-state index is 13.7. The van der Waals surface area contributed by atoms with Crippen LogP contribution in [0.5, 0.6) is 0 Å². The Morgan fingerprint density at radius 3 is 2.14 bits per heavy atom. The number of aromatic nitrogens is 4. The molecule has 2 unspecified atom stereocenters. The van der Waals surface area contributed by atoms with Gasteiger partial charge in [0.1, 0.15) is 11.6 Å². The maximum absolute atomic E-state index is 13.7. The molecule has 1 fully saturated rings. The summed E-state index contributed by atoms with van der Waals surface area (Å²) in [4.78, 5) is 32.2. The first-order chi connectivity index (χ1) is 17.8. The van der Waals surface area contributed by atoms with Gasteiger partial charge in [0, 0.05) is 45.7 Å². The van der Waals surface area contributed by atoms with E-state index in [1.165, 1.54) is 35.9 Å². The second-order valence-corrected chi connectivity index (χ2v) is 9.56. The molecule has 3 heterocycles. The molecule has 0 saturated carbocycles. The van der Waals surface area contributed by atoms with E-state index in [2.05, 4.69) is 22.1 Å². The molecule has 0 radical (unpaired) electrons. The number of rotatable bonds is 6. The number of hydrogen-bond acceptors (Lipinski definition) is 5. The number of hydrogen-bond donors (Lipinski definition) is 1. The molecule has 10 heteroatoms. The molecule has 1 aliphatic heterocycles. The van der Waals surface area contributed by atoms with E-state index >= 15 is 0 Å². The van der Waals surface area contributed by atoms with Crippen molar-refractivity contribution in [1.29, 1.82) is 0 Å². The Morgan fingerprint density at radius 2 is 1.57 bits per heavy atom. The molecule has 0 aliphatic carbocycles. The monoisotopic (exact) mass is 508 g/mol. The molecule has 4 aromatic rings. The summed E-state index contributed by atoms with van der Waals surface area (Å²) in [5.41, 5.74) is 1.80. The van der Waals surface area contributed by atoms with Gasteiger partial charge in [0.25, 0.3) is 5.56 Å². The lowest BCUT2D eigenvalue weighted by Gasteiger charge is -2.42. The third kappa shape index (κ3) is 4.51. The normalized spacial score (nSPS) is 17.5. The van der Waals surface area contributed by atoms with Crippen LogP contribution < -0.4 is 16.6 Å². The number of fused-ring (bicyclic) bond motifs is 1. The van der Waals surface area contributed by atoms with Crippen molar-refractivity contribution in [3.05, 3.63) is 98.5 Å². The number of piperazine rings is 1. The first kappa shape index (κ1) is 25.0. The number of aryl methyl sites for hydroxylation is 1.